The van der Waals surface area contributed by atoms with Gasteiger partial charge in [-0.05, 0) is 33.4 Å². The lowest BCUT2D eigenvalue weighted by molar-refractivity contribution is -0.163. The number of nitrogens with zero attached hydrogens (tertiary/aromatic N) is 1. The van der Waals surface area contributed by atoms with Crippen molar-refractivity contribution in [2.75, 3.05) is 14.2 Å². The molecule has 24 heavy (non-hydrogen) atoms. The zero-order valence-corrected chi connectivity index (χ0v) is 13.9. The minimum atomic E-state index is -0.396. The van der Waals surface area contributed by atoms with Crippen LogP contribution in [0.5, 0.6) is 0 Å². The normalized spacial score (nSPS) is 22.9. The van der Waals surface area contributed by atoms with Crippen LogP contribution < -0.4 is 0 Å². The summed E-state index contributed by atoms with van der Waals surface area (Å²) in [6.07, 6.45) is 0. The van der Waals surface area contributed by atoms with Gasteiger partial charge < -0.3 is 4.84 Å². The Bertz CT molecular complexity index is 830. The molecule has 3 aliphatic carbocycles. The van der Waals surface area contributed by atoms with Crippen LogP contribution in [0.4, 0.5) is 0 Å². The van der Waals surface area contributed by atoms with Crippen LogP contribution >= 0.6 is 0 Å². The maximum absolute atomic E-state index is 5.81. The molecule has 0 fully saturated rings. The summed E-state index contributed by atoms with van der Waals surface area (Å²) in [6, 6.07) is 26.4. The minimum Gasteiger partial charge on any atom is -0.301 e. The van der Waals surface area contributed by atoms with Crippen molar-refractivity contribution in [3.63, 3.8) is 0 Å². The van der Waals surface area contributed by atoms with Crippen molar-refractivity contribution in [1.82, 2.24) is 5.06 Å². The Hall–Kier alpha value is -2.42. The summed E-state index contributed by atoms with van der Waals surface area (Å²) >= 11 is 0. The van der Waals surface area contributed by atoms with E-state index in [4.69, 9.17) is 4.84 Å². The second-order valence-electron chi connectivity index (χ2n) is 6.59. The molecule has 2 heteroatoms. The number of hydrogen-bond acceptors (Lipinski definition) is 2. The number of benzene rings is 3. The van der Waals surface area contributed by atoms with Crippen LogP contribution in [0.15, 0.2) is 72.8 Å². The van der Waals surface area contributed by atoms with Gasteiger partial charge in [0, 0.05) is 13.0 Å². The topological polar surface area (TPSA) is 12.5 Å². The first-order valence-electron chi connectivity index (χ1n) is 8.36. The molecule has 0 aromatic heterocycles. The summed E-state index contributed by atoms with van der Waals surface area (Å²) < 4.78 is 0. The summed E-state index contributed by atoms with van der Waals surface area (Å²) in [5.41, 5.74) is 7.76. The van der Waals surface area contributed by atoms with Crippen molar-refractivity contribution < 1.29 is 4.84 Å². The molecule has 3 aromatic carbocycles. The lowest BCUT2D eigenvalue weighted by Crippen LogP contribution is -2.52. The quantitative estimate of drug-likeness (QED) is 0.655. The average Bonchev–Trinajstić information content (AvgIpc) is 2.67. The van der Waals surface area contributed by atoms with E-state index >= 15 is 0 Å². The second-order valence-corrected chi connectivity index (χ2v) is 6.59. The first-order valence-corrected chi connectivity index (χ1v) is 8.36. The highest BCUT2D eigenvalue weighted by atomic mass is 16.7. The molecule has 3 aliphatic rings. The molecule has 2 nitrogen and oxygen atoms in total. The molecule has 0 saturated heterocycles. The molecule has 2 bridgehead atoms. The van der Waals surface area contributed by atoms with Crippen LogP contribution in [0, 0.1) is 0 Å². The zero-order chi connectivity index (χ0) is 16.3. The van der Waals surface area contributed by atoms with Crippen molar-refractivity contribution in [3.8, 4) is 0 Å². The monoisotopic (exact) mass is 313 g/mol. The van der Waals surface area contributed by atoms with E-state index in [1.807, 2.05) is 12.1 Å². The van der Waals surface area contributed by atoms with Crippen LogP contribution in [0.25, 0.3) is 0 Å². The van der Waals surface area contributed by atoms with Crippen LogP contribution in [-0.2, 0) is 10.4 Å². The lowest BCUT2D eigenvalue weighted by Gasteiger charge is -2.53. The molecular formula is C22H19NO. The Labute approximate surface area is 142 Å². The minimum absolute atomic E-state index is 0.306. The molecule has 0 spiro atoms. The first kappa shape index (κ1) is 14.0. The summed E-state index contributed by atoms with van der Waals surface area (Å²) in [5.74, 6) is 0.306. The van der Waals surface area contributed by atoms with Crippen molar-refractivity contribution in [1.29, 1.82) is 0 Å². The van der Waals surface area contributed by atoms with Gasteiger partial charge in [-0.1, -0.05) is 72.8 Å². The highest BCUT2D eigenvalue weighted by Crippen LogP contribution is 2.59. The summed E-state index contributed by atoms with van der Waals surface area (Å²) in [5, 5.41) is 2.01. The van der Waals surface area contributed by atoms with Gasteiger partial charge in [-0.15, -0.1) is 0 Å². The van der Waals surface area contributed by atoms with E-state index in [9.17, 15) is 0 Å². The maximum Gasteiger partial charge on any atom is 0.122 e. The van der Waals surface area contributed by atoms with Gasteiger partial charge in [0.1, 0.15) is 5.54 Å². The van der Waals surface area contributed by atoms with E-state index in [0.29, 0.717) is 5.92 Å². The average molecular weight is 313 g/mol. The molecule has 0 amide bonds. The van der Waals surface area contributed by atoms with E-state index < -0.39 is 5.54 Å². The van der Waals surface area contributed by atoms with E-state index in [1.165, 1.54) is 33.4 Å². The van der Waals surface area contributed by atoms with Crippen LogP contribution in [0.2, 0.25) is 0 Å². The Kier molecular flexibility index (Phi) is 2.79. The third-order valence-corrected chi connectivity index (χ3v) is 5.73. The smallest absolute Gasteiger partial charge is 0.122 e. The highest BCUT2D eigenvalue weighted by molar-refractivity contribution is 5.71. The largest absolute Gasteiger partial charge is 0.301 e. The van der Waals surface area contributed by atoms with Gasteiger partial charge >= 0.3 is 0 Å². The number of rotatable bonds is 2. The van der Waals surface area contributed by atoms with Crippen molar-refractivity contribution in [2.24, 2.45) is 0 Å². The SMILES string of the molecule is CON(C)C12c3ccccc3C(c3ccccc31)c1ccccc12. The lowest BCUT2D eigenvalue weighted by atomic mass is 9.57. The third-order valence-electron chi connectivity index (χ3n) is 5.73. The Morgan fingerprint density at radius 1 is 0.708 bits per heavy atom. The molecular weight excluding hydrogens is 294 g/mol. The van der Waals surface area contributed by atoms with E-state index in [-0.39, 0.29) is 0 Å². The predicted octanol–water partition coefficient (Wildman–Crippen LogP) is 4.28. The van der Waals surface area contributed by atoms with Gasteiger partial charge in [-0.25, -0.2) is 0 Å². The van der Waals surface area contributed by atoms with E-state index in [2.05, 4.69) is 72.8 Å². The molecule has 0 heterocycles. The molecule has 6 rings (SSSR count). The fourth-order valence-electron chi connectivity index (χ4n) is 4.82. The third kappa shape index (κ3) is 1.44. The Morgan fingerprint density at radius 3 is 1.46 bits per heavy atom. The standard InChI is InChI=1S/C22H19NO/c1-23(24-2)22-18-12-6-3-9-15(18)21(16-10-4-7-13-19(16)22)17-11-5-8-14-20(17)22/h3-14,21H,1-2H3. The van der Waals surface area contributed by atoms with Gasteiger partial charge in [0.15, 0.2) is 0 Å². The molecule has 0 aliphatic heterocycles. The van der Waals surface area contributed by atoms with Crippen LogP contribution in [0.3, 0.4) is 0 Å². The van der Waals surface area contributed by atoms with Crippen LogP contribution in [0.1, 0.15) is 39.3 Å². The fourth-order valence-corrected chi connectivity index (χ4v) is 4.82. The van der Waals surface area contributed by atoms with Gasteiger partial charge in [-0.2, -0.15) is 5.06 Å². The fraction of sp³-hybridized carbons (Fsp3) is 0.182. The van der Waals surface area contributed by atoms with Gasteiger partial charge in [0.25, 0.3) is 0 Å². The zero-order valence-electron chi connectivity index (χ0n) is 13.9. The predicted molar refractivity (Wildman–Crippen MR) is 94.9 cm³/mol. The molecule has 3 aromatic rings. The summed E-state index contributed by atoms with van der Waals surface area (Å²) in [4.78, 5) is 5.81. The van der Waals surface area contributed by atoms with Crippen molar-refractivity contribution in [3.05, 3.63) is 106 Å². The van der Waals surface area contributed by atoms with Gasteiger partial charge in [0.2, 0.25) is 0 Å². The Balaban J connectivity index is 2.00. The molecule has 0 saturated carbocycles. The highest BCUT2D eigenvalue weighted by Gasteiger charge is 2.54. The molecule has 0 atom stereocenters. The second kappa shape index (κ2) is 4.79. The summed E-state index contributed by atoms with van der Waals surface area (Å²) in [6.45, 7) is 0. The molecule has 0 unspecified atom stereocenters. The number of hydroxylamine groups is 2. The van der Waals surface area contributed by atoms with E-state index in [1.54, 1.807) is 7.11 Å². The van der Waals surface area contributed by atoms with Gasteiger partial charge in [-0.3, -0.25) is 0 Å². The van der Waals surface area contributed by atoms with E-state index in [0.717, 1.165) is 0 Å². The van der Waals surface area contributed by atoms with Crippen molar-refractivity contribution in [2.45, 2.75) is 11.5 Å². The number of hydrogen-bond donors (Lipinski definition) is 0. The summed E-state index contributed by atoms with van der Waals surface area (Å²) in [7, 11) is 3.79. The molecule has 0 radical (unpaired) electrons. The van der Waals surface area contributed by atoms with Gasteiger partial charge in [0.05, 0.1) is 7.11 Å². The maximum atomic E-state index is 5.81. The molecule has 118 valence electrons. The van der Waals surface area contributed by atoms with Crippen molar-refractivity contribution >= 4 is 0 Å². The van der Waals surface area contributed by atoms with Crippen LogP contribution in [-0.4, -0.2) is 19.2 Å². The molecule has 0 N–H and O–H groups in total. The Morgan fingerprint density at radius 2 is 1.08 bits per heavy atom. The first-order chi connectivity index (χ1) is 11.8.